The van der Waals surface area contributed by atoms with Gasteiger partial charge in [-0.1, -0.05) is 23.2 Å². The second kappa shape index (κ2) is 5.32. The fourth-order valence-electron chi connectivity index (χ4n) is 2.66. The molecule has 0 spiro atoms. The number of aromatic nitrogens is 1. The van der Waals surface area contributed by atoms with Gasteiger partial charge in [0.15, 0.2) is 0 Å². The van der Waals surface area contributed by atoms with Gasteiger partial charge in [0.05, 0.1) is 21.0 Å². The van der Waals surface area contributed by atoms with Crippen LogP contribution in [0.15, 0.2) is 41.4 Å². The van der Waals surface area contributed by atoms with Gasteiger partial charge in [0, 0.05) is 25.0 Å². The minimum Gasteiger partial charge on any atom is -0.349 e. The average molecular weight is 345 g/mol. The lowest BCUT2D eigenvalue weighted by molar-refractivity contribution is 0.282. The van der Waals surface area contributed by atoms with Gasteiger partial charge in [0.2, 0.25) is 10.0 Å². The van der Waals surface area contributed by atoms with E-state index in [9.17, 15) is 8.42 Å². The average Bonchev–Trinajstić information content (AvgIpc) is 2.91. The maximum Gasteiger partial charge on any atom is 0.243 e. The molecule has 0 amide bonds. The van der Waals surface area contributed by atoms with Crippen LogP contribution in [0, 0.1) is 0 Å². The van der Waals surface area contributed by atoms with E-state index < -0.39 is 10.0 Å². The summed E-state index contributed by atoms with van der Waals surface area (Å²) >= 11 is 11.8. The van der Waals surface area contributed by atoms with E-state index in [1.165, 1.54) is 22.5 Å². The molecule has 1 aromatic carbocycles. The van der Waals surface area contributed by atoms with Crippen molar-refractivity contribution in [3.05, 3.63) is 52.3 Å². The SMILES string of the molecule is C[C@@H]1c2cccn2CCN1S(=O)(=O)c1ccc(Cl)c(Cl)c1. The van der Waals surface area contributed by atoms with E-state index in [1.54, 1.807) is 0 Å². The highest BCUT2D eigenvalue weighted by atomic mass is 35.5. The highest BCUT2D eigenvalue weighted by Gasteiger charge is 2.34. The minimum atomic E-state index is -3.59. The van der Waals surface area contributed by atoms with Crippen molar-refractivity contribution in [2.45, 2.75) is 24.4 Å². The van der Waals surface area contributed by atoms with Crippen LogP contribution < -0.4 is 0 Å². The van der Waals surface area contributed by atoms with Crippen molar-refractivity contribution in [2.75, 3.05) is 6.54 Å². The van der Waals surface area contributed by atoms with Crippen molar-refractivity contribution in [3.63, 3.8) is 0 Å². The van der Waals surface area contributed by atoms with Crippen LogP contribution in [0.3, 0.4) is 0 Å². The Balaban J connectivity index is 2.01. The molecule has 0 saturated heterocycles. The summed E-state index contributed by atoms with van der Waals surface area (Å²) in [6.07, 6.45) is 1.97. The number of rotatable bonds is 2. The molecule has 0 fully saturated rings. The first-order valence-electron chi connectivity index (χ1n) is 6.53. The summed E-state index contributed by atoms with van der Waals surface area (Å²) in [5.74, 6) is 0. The van der Waals surface area contributed by atoms with Crippen LogP contribution in [0.4, 0.5) is 0 Å². The molecule has 1 aromatic heterocycles. The Morgan fingerprint density at radius 3 is 2.62 bits per heavy atom. The third-order valence-electron chi connectivity index (χ3n) is 3.78. The molecule has 2 heterocycles. The molecule has 1 aliphatic heterocycles. The summed E-state index contributed by atoms with van der Waals surface area (Å²) in [7, 11) is -3.59. The lowest BCUT2D eigenvalue weighted by Gasteiger charge is -2.33. The van der Waals surface area contributed by atoms with Gasteiger partial charge in [-0.3, -0.25) is 0 Å². The van der Waals surface area contributed by atoms with E-state index in [-0.39, 0.29) is 16.0 Å². The topological polar surface area (TPSA) is 42.3 Å². The monoisotopic (exact) mass is 344 g/mol. The van der Waals surface area contributed by atoms with Crippen molar-refractivity contribution in [2.24, 2.45) is 0 Å². The second-order valence-electron chi connectivity index (χ2n) is 4.99. The van der Waals surface area contributed by atoms with Gasteiger partial charge < -0.3 is 4.57 Å². The van der Waals surface area contributed by atoms with Crippen molar-refractivity contribution in [1.82, 2.24) is 8.87 Å². The summed E-state index contributed by atoms with van der Waals surface area (Å²) < 4.78 is 29.2. The van der Waals surface area contributed by atoms with Crippen LogP contribution in [0.25, 0.3) is 0 Å². The third kappa shape index (κ3) is 2.48. The molecule has 0 saturated carbocycles. The van der Waals surface area contributed by atoms with Crippen LogP contribution in [-0.2, 0) is 16.6 Å². The number of nitrogens with zero attached hydrogens (tertiary/aromatic N) is 2. The van der Waals surface area contributed by atoms with Gasteiger partial charge in [-0.25, -0.2) is 8.42 Å². The third-order valence-corrected chi connectivity index (χ3v) is 6.49. The van der Waals surface area contributed by atoms with Crippen LogP contribution >= 0.6 is 23.2 Å². The molecule has 4 nitrogen and oxygen atoms in total. The number of hydrogen-bond donors (Lipinski definition) is 0. The van der Waals surface area contributed by atoms with Gasteiger partial charge in [0.1, 0.15) is 0 Å². The van der Waals surface area contributed by atoms with Gasteiger partial charge >= 0.3 is 0 Å². The summed E-state index contributed by atoms with van der Waals surface area (Å²) in [6.45, 7) is 2.97. The molecular weight excluding hydrogens is 331 g/mol. The smallest absolute Gasteiger partial charge is 0.243 e. The number of hydrogen-bond acceptors (Lipinski definition) is 2. The molecule has 1 atom stereocenters. The molecular formula is C14H14Cl2N2O2S. The maximum absolute atomic E-state index is 12.8. The minimum absolute atomic E-state index is 0.170. The molecule has 0 aliphatic carbocycles. The van der Waals surface area contributed by atoms with Crippen molar-refractivity contribution < 1.29 is 8.42 Å². The predicted molar refractivity (Wildman–Crippen MR) is 83.2 cm³/mol. The Labute approximate surface area is 133 Å². The Morgan fingerprint density at radius 1 is 1.14 bits per heavy atom. The summed E-state index contributed by atoms with van der Waals surface area (Å²) in [4.78, 5) is 0.170. The van der Waals surface area contributed by atoms with Gasteiger partial charge in [0.25, 0.3) is 0 Å². The Kier molecular flexibility index (Phi) is 3.78. The molecule has 0 N–H and O–H groups in total. The number of benzene rings is 1. The van der Waals surface area contributed by atoms with Crippen LogP contribution in [0.2, 0.25) is 10.0 Å². The van der Waals surface area contributed by atoms with Gasteiger partial charge in [-0.2, -0.15) is 4.31 Å². The van der Waals surface area contributed by atoms with Gasteiger partial charge in [-0.05, 0) is 37.3 Å². The normalized spacial score (nSPS) is 19.5. The number of fused-ring (bicyclic) bond motifs is 1. The van der Waals surface area contributed by atoms with E-state index in [0.717, 1.165) is 5.69 Å². The van der Waals surface area contributed by atoms with Crippen molar-refractivity contribution in [3.8, 4) is 0 Å². The first kappa shape index (κ1) is 14.9. The highest BCUT2D eigenvalue weighted by Crippen LogP contribution is 2.33. The fraction of sp³-hybridized carbons (Fsp3) is 0.286. The Hall–Kier alpha value is -1.01. The molecule has 0 radical (unpaired) electrons. The molecule has 0 unspecified atom stereocenters. The van der Waals surface area contributed by atoms with E-state index in [0.29, 0.717) is 18.1 Å². The van der Waals surface area contributed by atoms with Crippen LogP contribution in [0.1, 0.15) is 18.7 Å². The van der Waals surface area contributed by atoms with Crippen molar-refractivity contribution >= 4 is 33.2 Å². The lowest BCUT2D eigenvalue weighted by atomic mass is 10.2. The first-order valence-corrected chi connectivity index (χ1v) is 8.73. The molecule has 1 aliphatic rings. The van der Waals surface area contributed by atoms with Crippen LogP contribution in [-0.4, -0.2) is 23.8 Å². The number of sulfonamides is 1. The number of halogens is 2. The Bertz CT molecular complexity index is 786. The van der Waals surface area contributed by atoms with Crippen LogP contribution in [0.5, 0.6) is 0 Å². The van der Waals surface area contributed by atoms with E-state index >= 15 is 0 Å². The summed E-state index contributed by atoms with van der Waals surface area (Å²) in [6, 6.07) is 8.06. The molecule has 0 bridgehead atoms. The maximum atomic E-state index is 12.8. The molecule has 2 aromatic rings. The molecule has 112 valence electrons. The zero-order valence-corrected chi connectivity index (χ0v) is 13.7. The highest BCUT2D eigenvalue weighted by molar-refractivity contribution is 7.89. The zero-order chi connectivity index (χ0) is 15.2. The fourth-order valence-corrected chi connectivity index (χ4v) is 4.65. The van der Waals surface area contributed by atoms with Crippen molar-refractivity contribution in [1.29, 1.82) is 0 Å². The second-order valence-corrected chi connectivity index (χ2v) is 7.70. The van der Waals surface area contributed by atoms with E-state index in [2.05, 4.69) is 4.57 Å². The quantitative estimate of drug-likeness (QED) is 0.835. The predicted octanol–water partition coefficient (Wildman–Crippen LogP) is 3.56. The largest absolute Gasteiger partial charge is 0.349 e. The standard InChI is InChI=1S/C14H14Cl2N2O2S/c1-10-14-3-2-6-17(14)7-8-18(10)21(19,20)11-4-5-12(15)13(16)9-11/h2-6,9-10H,7-8H2,1H3/t10-/m1/s1. The van der Waals surface area contributed by atoms with E-state index in [4.69, 9.17) is 23.2 Å². The molecule has 7 heteroatoms. The lowest BCUT2D eigenvalue weighted by Crippen LogP contribution is -2.40. The van der Waals surface area contributed by atoms with Gasteiger partial charge in [-0.15, -0.1) is 0 Å². The Morgan fingerprint density at radius 2 is 1.90 bits per heavy atom. The summed E-state index contributed by atoms with van der Waals surface area (Å²) in [5, 5.41) is 0.585. The first-order chi connectivity index (χ1) is 9.91. The molecule has 3 rings (SSSR count). The van der Waals surface area contributed by atoms with E-state index in [1.807, 2.05) is 25.3 Å². The molecule has 21 heavy (non-hydrogen) atoms. The zero-order valence-electron chi connectivity index (χ0n) is 11.3. The summed E-state index contributed by atoms with van der Waals surface area (Å²) in [5.41, 5.74) is 0.991.